The van der Waals surface area contributed by atoms with Gasteiger partial charge in [-0.15, -0.1) is 0 Å². The highest BCUT2D eigenvalue weighted by molar-refractivity contribution is 6.06. The molecule has 19 heavy (non-hydrogen) atoms. The van der Waals surface area contributed by atoms with E-state index in [-0.39, 0.29) is 29.6 Å². The van der Waals surface area contributed by atoms with Gasteiger partial charge in [0.2, 0.25) is 5.91 Å². The average molecular weight is 263 g/mol. The number of hydrogen-bond donors (Lipinski definition) is 2. The highest BCUT2D eigenvalue weighted by atomic mass is 16.4. The van der Waals surface area contributed by atoms with Crippen LogP contribution in [0.2, 0.25) is 0 Å². The van der Waals surface area contributed by atoms with Crippen LogP contribution < -0.4 is 5.32 Å². The van der Waals surface area contributed by atoms with Crippen molar-refractivity contribution in [1.29, 1.82) is 0 Å². The van der Waals surface area contributed by atoms with Crippen LogP contribution in [0.1, 0.15) is 22.5 Å². The maximum Gasteiger partial charge on any atom is 0.335 e. The summed E-state index contributed by atoms with van der Waals surface area (Å²) in [5, 5.41) is 11.7. The fourth-order valence-corrected chi connectivity index (χ4v) is 1.91. The molecule has 2 N–H and O–H groups in total. The van der Waals surface area contributed by atoms with Crippen molar-refractivity contribution in [3.05, 3.63) is 23.4 Å². The molecule has 7 heteroatoms. The van der Waals surface area contributed by atoms with Crippen molar-refractivity contribution in [2.24, 2.45) is 0 Å². The van der Waals surface area contributed by atoms with Gasteiger partial charge in [0.15, 0.2) is 0 Å². The first-order valence-electron chi connectivity index (χ1n) is 5.67. The molecule has 100 valence electrons. The second-order valence-corrected chi connectivity index (χ2v) is 4.38. The molecule has 2 heterocycles. The van der Waals surface area contributed by atoms with E-state index in [0.29, 0.717) is 5.69 Å². The molecule has 1 aliphatic rings. The monoisotopic (exact) mass is 263 g/mol. The highest BCUT2D eigenvalue weighted by Gasteiger charge is 2.36. The van der Waals surface area contributed by atoms with Gasteiger partial charge < -0.3 is 10.4 Å². The second-order valence-electron chi connectivity index (χ2n) is 4.38. The lowest BCUT2D eigenvalue weighted by Gasteiger charge is -2.12. The lowest BCUT2D eigenvalue weighted by molar-refractivity contribution is -0.136. The molecule has 1 aliphatic heterocycles. The lowest BCUT2D eigenvalue weighted by Crippen LogP contribution is -2.32. The number of aryl methyl sites for hydroxylation is 1. The zero-order chi connectivity index (χ0) is 14.2. The number of amides is 2. The molecule has 1 unspecified atom stereocenters. The minimum absolute atomic E-state index is 0.0490. The maximum atomic E-state index is 11.7. The van der Waals surface area contributed by atoms with E-state index in [1.165, 1.54) is 19.2 Å². The van der Waals surface area contributed by atoms with Gasteiger partial charge in [0.25, 0.3) is 5.91 Å². The second kappa shape index (κ2) is 4.68. The Balaban J connectivity index is 2.22. The Morgan fingerprint density at radius 2 is 2.16 bits per heavy atom. The molecule has 0 spiro atoms. The Morgan fingerprint density at radius 1 is 1.47 bits per heavy atom. The fraction of sp³-hybridized carbons (Fsp3) is 0.333. The zero-order valence-electron chi connectivity index (χ0n) is 10.5. The molecule has 0 saturated carbocycles. The number of carbonyl (C=O) groups is 3. The standard InChI is InChI=1S/C12H13N3O4/c1-6-3-7(12(18)19)4-9(13-6)14-8-5-10(16)15(2)11(8)17/h3-4,8H,5H2,1-2H3,(H,13,14)(H,18,19). The van der Waals surface area contributed by atoms with Crippen molar-refractivity contribution in [3.63, 3.8) is 0 Å². The Bertz CT molecular complexity index is 570. The van der Waals surface area contributed by atoms with Crippen molar-refractivity contribution >= 4 is 23.6 Å². The van der Waals surface area contributed by atoms with Crippen LogP contribution in [-0.2, 0) is 9.59 Å². The summed E-state index contributed by atoms with van der Waals surface area (Å²) in [5.41, 5.74) is 0.604. The van der Waals surface area contributed by atoms with Crippen molar-refractivity contribution in [2.45, 2.75) is 19.4 Å². The van der Waals surface area contributed by atoms with E-state index in [1.54, 1.807) is 6.92 Å². The summed E-state index contributed by atoms with van der Waals surface area (Å²) >= 11 is 0. The number of carbonyl (C=O) groups excluding carboxylic acids is 2. The van der Waals surface area contributed by atoms with Crippen molar-refractivity contribution in [1.82, 2.24) is 9.88 Å². The molecule has 1 saturated heterocycles. The third-order valence-electron chi connectivity index (χ3n) is 2.90. The van der Waals surface area contributed by atoms with Gasteiger partial charge in [-0.1, -0.05) is 0 Å². The number of likely N-dealkylation sites (N-methyl/N-ethyl adjacent to an activating group) is 1. The van der Waals surface area contributed by atoms with E-state index in [4.69, 9.17) is 5.11 Å². The van der Waals surface area contributed by atoms with Crippen LogP contribution in [0.4, 0.5) is 5.82 Å². The van der Waals surface area contributed by atoms with Crippen LogP contribution >= 0.6 is 0 Å². The number of carboxylic acids is 1. The first-order chi connectivity index (χ1) is 8.88. The summed E-state index contributed by atoms with van der Waals surface area (Å²) in [5.74, 6) is -1.41. The Labute approximate surface area is 109 Å². The number of hydrogen-bond acceptors (Lipinski definition) is 5. The van der Waals surface area contributed by atoms with E-state index in [9.17, 15) is 14.4 Å². The first-order valence-corrected chi connectivity index (χ1v) is 5.67. The molecule has 1 atom stereocenters. The van der Waals surface area contributed by atoms with E-state index >= 15 is 0 Å². The Kier molecular flexibility index (Phi) is 3.20. The van der Waals surface area contributed by atoms with E-state index < -0.39 is 12.0 Å². The largest absolute Gasteiger partial charge is 0.478 e. The van der Waals surface area contributed by atoms with Crippen LogP contribution in [0.5, 0.6) is 0 Å². The SMILES string of the molecule is Cc1cc(C(=O)O)cc(NC2CC(=O)N(C)C2=O)n1. The van der Waals surface area contributed by atoms with Crippen LogP contribution in [-0.4, -0.2) is 45.9 Å². The van der Waals surface area contributed by atoms with Gasteiger partial charge in [0.05, 0.1) is 12.0 Å². The topological polar surface area (TPSA) is 99.6 Å². The molecule has 7 nitrogen and oxygen atoms in total. The molecular weight excluding hydrogens is 250 g/mol. The van der Waals surface area contributed by atoms with Gasteiger partial charge in [-0.3, -0.25) is 14.5 Å². The van der Waals surface area contributed by atoms with Crippen LogP contribution in [0.25, 0.3) is 0 Å². The van der Waals surface area contributed by atoms with Crippen molar-refractivity contribution in [2.75, 3.05) is 12.4 Å². The molecular formula is C12H13N3O4. The van der Waals surface area contributed by atoms with Gasteiger partial charge in [-0.25, -0.2) is 9.78 Å². The van der Waals surface area contributed by atoms with Crippen LogP contribution in [0.15, 0.2) is 12.1 Å². The number of anilines is 1. The van der Waals surface area contributed by atoms with Gasteiger partial charge in [-0.2, -0.15) is 0 Å². The van der Waals surface area contributed by atoms with E-state index in [1.807, 2.05) is 0 Å². The average Bonchev–Trinajstić information content (AvgIpc) is 2.56. The van der Waals surface area contributed by atoms with E-state index in [0.717, 1.165) is 4.90 Å². The zero-order valence-corrected chi connectivity index (χ0v) is 10.5. The molecule has 1 aromatic rings. The third-order valence-corrected chi connectivity index (χ3v) is 2.90. The number of likely N-dealkylation sites (tertiary alicyclic amines) is 1. The highest BCUT2D eigenvalue weighted by Crippen LogP contribution is 2.17. The summed E-state index contributed by atoms with van der Waals surface area (Å²) in [4.78, 5) is 39.2. The summed E-state index contributed by atoms with van der Waals surface area (Å²) in [6.45, 7) is 1.66. The number of nitrogens with zero attached hydrogens (tertiary/aromatic N) is 2. The summed E-state index contributed by atoms with van der Waals surface area (Å²) in [6, 6.07) is 2.08. The number of aromatic nitrogens is 1. The van der Waals surface area contributed by atoms with Gasteiger partial charge in [0.1, 0.15) is 11.9 Å². The molecule has 0 aliphatic carbocycles. The number of nitrogens with one attached hydrogen (secondary N) is 1. The molecule has 0 bridgehead atoms. The van der Waals surface area contributed by atoms with Crippen LogP contribution in [0.3, 0.4) is 0 Å². The first kappa shape index (κ1) is 13.0. The molecule has 2 amide bonds. The molecule has 0 radical (unpaired) electrons. The smallest absolute Gasteiger partial charge is 0.335 e. The van der Waals surface area contributed by atoms with Crippen molar-refractivity contribution < 1.29 is 19.5 Å². The summed E-state index contributed by atoms with van der Waals surface area (Å²) < 4.78 is 0. The fourth-order valence-electron chi connectivity index (χ4n) is 1.91. The van der Waals surface area contributed by atoms with Crippen LogP contribution in [0, 0.1) is 6.92 Å². The minimum atomic E-state index is -1.07. The number of aromatic carboxylic acids is 1. The Morgan fingerprint density at radius 3 is 2.68 bits per heavy atom. The molecule has 1 aromatic heterocycles. The molecule has 1 fully saturated rings. The molecule has 0 aromatic carbocycles. The Hall–Kier alpha value is -2.44. The summed E-state index contributed by atoms with van der Waals surface area (Å²) in [7, 11) is 1.42. The maximum absolute atomic E-state index is 11.7. The van der Waals surface area contributed by atoms with Crippen molar-refractivity contribution in [3.8, 4) is 0 Å². The number of pyridine rings is 1. The van der Waals surface area contributed by atoms with E-state index in [2.05, 4.69) is 10.3 Å². The van der Waals surface area contributed by atoms with Gasteiger partial charge >= 0.3 is 5.97 Å². The third kappa shape index (κ3) is 2.54. The number of rotatable bonds is 3. The predicted octanol–water partition coefficient (Wildman–Crippen LogP) is 0.257. The lowest BCUT2D eigenvalue weighted by atomic mass is 10.2. The minimum Gasteiger partial charge on any atom is -0.478 e. The quantitative estimate of drug-likeness (QED) is 0.759. The van der Waals surface area contributed by atoms with Gasteiger partial charge in [-0.05, 0) is 19.1 Å². The predicted molar refractivity (Wildman–Crippen MR) is 65.7 cm³/mol. The summed E-state index contributed by atoms with van der Waals surface area (Å²) in [6.07, 6.45) is 0.0490. The molecule has 2 rings (SSSR count). The number of carboxylic acid groups (broad SMARTS) is 1. The number of imide groups is 1. The van der Waals surface area contributed by atoms with Gasteiger partial charge in [0, 0.05) is 12.7 Å². The normalized spacial score (nSPS) is 18.8.